The Hall–Kier alpha value is -2.82. The van der Waals surface area contributed by atoms with Crippen molar-refractivity contribution in [2.45, 2.75) is 65.0 Å². The van der Waals surface area contributed by atoms with E-state index in [4.69, 9.17) is 4.74 Å². The van der Waals surface area contributed by atoms with E-state index < -0.39 is 6.10 Å². The number of rotatable bonds is 7. The number of hydrogen-bond donors (Lipinski definition) is 0. The molecule has 1 saturated carbocycles. The zero-order valence-corrected chi connectivity index (χ0v) is 20.1. The van der Waals surface area contributed by atoms with Gasteiger partial charge in [0.2, 0.25) is 5.91 Å². The van der Waals surface area contributed by atoms with Crippen molar-refractivity contribution in [3.63, 3.8) is 0 Å². The summed E-state index contributed by atoms with van der Waals surface area (Å²) in [4.78, 5) is 30.1. The highest BCUT2D eigenvalue weighted by Crippen LogP contribution is 2.39. The lowest BCUT2D eigenvalue weighted by Crippen LogP contribution is -2.43. The first kappa shape index (κ1) is 23.3. The van der Waals surface area contributed by atoms with Gasteiger partial charge in [-0.3, -0.25) is 9.59 Å². The molecule has 0 radical (unpaired) electrons. The van der Waals surface area contributed by atoms with Gasteiger partial charge in [0.15, 0.2) is 6.10 Å². The van der Waals surface area contributed by atoms with Gasteiger partial charge in [-0.05, 0) is 68.9 Å². The molecular weight excluding hydrogens is 412 g/mol. The SMILES string of the molecule is CCN(CC)C(=O)C(C)Oc1ccc2c(c1)C(c1ccccc1)N(C(=O)C1CCCC1)CC2. The molecule has 0 N–H and O–H groups in total. The van der Waals surface area contributed by atoms with Crippen LogP contribution in [-0.2, 0) is 16.0 Å². The number of fused-ring (bicyclic) bond motifs is 1. The highest BCUT2D eigenvalue weighted by atomic mass is 16.5. The zero-order valence-electron chi connectivity index (χ0n) is 20.1. The van der Waals surface area contributed by atoms with Gasteiger partial charge < -0.3 is 14.5 Å². The first-order valence-electron chi connectivity index (χ1n) is 12.5. The number of carbonyl (C=O) groups is 2. The predicted octanol–water partition coefficient (Wildman–Crippen LogP) is 4.99. The van der Waals surface area contributed by atoms with E-state index in [9.17, 15) is 9.59 Å². The molecule has 1 aliphatic carbocycles. The fourth-order valence-corrected chi connectivity index (χ4v) is 5.35. The largest absolute Gasteiger partial charge is 0.481 e. The van der Waals surface area contributed by atoms with Crippen LogP contribution in [0.1, 0.15) is 69.2 Å². The monoisotopic (exact) mass is 448 g/mol. The van der Waals surface area contributed by atoms with Gasteiger partial charge in [-0.1, -0.05) is 49.2 Å². The van der Waals surface area contributed by atoms with E-state index >= 15 is 0 Å². The minimum Gasteiger partial charge on any atom is -0.481 e. The predicted molar refractivity (Wildman–Crippen MR) is 130 cm³/mol. The van der Waals surface area contributed by atoms with E-state index in [1.165, 1.54) is 5.56 Å². The van der Waals surface area contributed by atoms with Gasteiger partial charge in [0.25, 0.3) is 5.91 Å². The molecule has 0 aromatic heterocycles. The topological polar surface area (TPSA) is 49.9 Å². The second-order valence-corrected chi connectivity index (χ2v) is 9.21. The third kappa shape index (κ3) is 4.92. The highest BCUT2D eigenvalue weighted by Gasteiger charge is 2.36. The van der Waals surface area contributed by atoms with Crippen LogP contribution in [0.15, 0.2) is 48.5 Å². The van der Waals surface area contributed by atoms with Crippen molar-refractivity contribution >= 4 is 11.8 Å². The minimum absolute atomic E-state index is 0.00429. The third-order valence-corrected chi connectivity index (χ3v) is 7.18. The average Bonchev–Trinajstić information content (AvgIpc) is 3.39. The number of amides is 2. The number of nitrogens with zero attached hydrogens (tertiary/aromatic N) is 2. The molecule has 2 aliphatic rings. The first-order chi connectivity index (χ1) is 16.0. The Balaban J connectivity index is 1.65. The molecule has 176 valence electrons. The number of likely N-dealkylation sites (N-methyl/N-ethyl adjacent to an activating group) is 1. The van der Waals surface area contributed by atoms with Crippen LogP contribution in [0, 0.1) is 5.92 Å². The third-order valence-electron chi connectivity index (χ3n) is 7.18. The van der Waals surface area contributed by atoms with Crippen molar-refractivity contribution in [1.29, 1.82) is 0 Å². The Morgan fingerprint density at radius 3 is 2.42 bits per heavy atom. The van der Waals surface area contributed by atoms with E-state index in [1.54, 1.807) is 4.90 Å². The van der Waals surface area contributed by atoms with Gasteiger partial charge in [-0.25, -0.2) is 0 Å². The molecule has 5 nitrogen and oxygen atoms in total. The summed E-state index contributed by atoms with van der Waals surface area (Å²) >= 11 is 0. The van der Waals surface area contributed by atoms with Crippen LogP contribution >= 0.6 is 0 Å². The Morgan fingerprint density at radius 2 is 1.76 bits per heavy atom. The number of ether oxygens (including phenoxy) is 1. The lowest BCUT2D eigenvalue weighted by molar-refractivity contribution is -0.138. The van der Waals surface area contributed by atoms with Gasteiger partial charge in [0.1, 0.15) is 5.75 Å². The molecule has 4 rings (SSSR count). The summed E-state index contributed by atoms with van der Waals surface area (Å²) in [5.74, 6) is 1.10. The van der Waals surface area contributed by atoms with Gasteiger partial charge in [-0.15, -0.1) is 0 Å². The maximum atomic E-state index is 13.5. The molecule has 1 fully saturated rings. The standard InChI is InChI=1S/C28H36N2O3/c1-4-29(5-2)27(31)20(3)33-24-16-15-21-17-18-30(28(32)23-13-9-10-14-23)26(25(21)19-24)22-11-7-6-8-12-22/h6-8,11-12,15-16,19-20,23,26H,4-5,9-10,13-14,17-18H2,1-3H3. The molecule has 2 aromatic rings. The molecule has 0 saturated heterocycles. The summed E-state index contributed by atoms with van der Waals surface area (Å²) in [5, 5.41) is 0. The summed E-state index contributed by atoms with van der Waals surface area (Å²) in [6, 6.07) is 16.3. The van der Waals surface area contributed by atoms with Crippen molar-refractivity contribution in [2.75, 3.05) is 19.6 Å². The Morgan fingerprint density at radius 1 is 1.06 bits per heavy atom. The summed E-state index contributed by atoms with van der Waals surface area (Å²) in [7, 11) is 0. The minimum atomic E-state index is -0.557. The first-order valence-corrected chi connectivity index (χ1v) is 12.5. The van der Waals surface area contributed by atoms with Gasteiger partial charge in [-0.2, -0.15) is 0 Å². The van der Waals surface area contributed by atoms with Crippen molar-refractivity contribution in [3.8, 4) is 5.75 Å². The molecule has 0 bridgehead atoms. The smallest absolute Gasteiger partial charge is 0.263 e. The van der Waals surface area contributed by atoms with Crippen LogP contribution in [0.25, 0.3) is 0 Å². The molecule has 2 atom stereocenters. The van der Waals surface area contributed by atoms with Gasteiger partial charge in [0.05, 0.1) is 6.04 Å². The Bertz CT molecular complexity index is 964. The van der Waals surface area contributed by atoms with Crippen LogP contribution in [0.3, 0.4) is 0 Å². The molecule has 2 amide bonds. The van der Waals surface area contributed by atoms with E-state index in [2.05, 4.69) is 23.1 Å². The second kappa shape index (κ2) is 10.4. The van der Waals surface area contributed by atoms with Crippen LogP contribution < -0.4 is 4.74 Å². The summed E-state index contributed by atoms with van der Waals surface area (Å²) in [5.41, 5.74) is 3.47. The number of carbonyl (C=O) groups excluding carboxylic acids is 2. The quantitative estimate of drug-likeness (QED) is 0.600. The van der Waals surface area contributed by atoms with Crippen LogP contribution in [-0.4, -0.2) is 47.4 Å². The molecule has 5 heteroatoms. The van der Waals surface area contributed by atoms with Crippen LogP contribution in [0.2, 0.25) is 0 Å². The second-order valence-electron chi connectivity index (χ2n) is 9.21. The molecule has 0 spiro atoms. The normalized spacial score (nSPS) is 19.1. The maximum Gasteiger partial charge on any atom is 0.263 e. The highest BCUT2D eigenvalue weighted by molar-refractivity contribution is 5.81. The molecule has 2 unspecified atom stereocenters. The lowest BCUT2D eigenvalue weighted by Gasteiger charge is -2.39. The molecule has 2 aromatic carbocycles. The van der Waals surface area contributed by atoms with E-state index in [0.29, 0.717) is 18.8 Å². The number of benzene rings is 2. The van der Waals surface area contributed by atoms with E-state index in [0.717, 1.165) is 49.8 Å². The van der Waals surface area contributed by atoms with Gasteiger partial charge in [0, 0.05) is 25.6 Å². The maximum absolute atomic E-state index is 13.5. The summed E-state index contributed by atoms with van der Waals surface area (Å²) in [6.07, 6.45) is 4.57. The van der Waals surface area contributed by atoms with E-state index in [-0.39, 0.29) is 23.8 Å². The van der Waals surface area contributed by atoms with Crippen LogP contribution in [0.4, 0.5) is 0 Å². The Labute approximate surface area is 197 Å². The molecule has 33 heavy (non-hydrogen) atoms. The zero-order chi connectivity index (χ0) is 23.4. The molecule has 1 heterocycles. The number of hydrogen-bond acceptors (Lipinski definition) is 3. The van der Waals surface area contributed by atoms with Crippen molar-refractivity contribution in [2.24, 2.45) is 5.92 Å². The average molecular weight is 449 g/mol. The summed E-state index contributed by atoms with van der Waals surface area (Å²) < 4.78 is 6.11. The van der Waals surface area contributed by atoms with Crippen LogP contribution in [0.5, 0.6) is 5.75 Å². The lowest BCUT2D eigenvalue weighted by atomic mass is 9.87. The van der Waals surface area contributed by atoms with Gasteiger partial charge >= 0.3 is 0 Å². The van der Waals surface area contributed by atoms with Crippen molar-refractivity contribution in [1.82, 2.24) is 9.80 Å². The summed E-state index contributed by atoms with van der Waals surface area (Å²) in [6.45, 7) is 7.84. The molecular formula is C28H36N2O3. The van der Waals surface area contributed by atoms with Crippen molar-refractivity contribution in [3.05, 3.63) is 65.2 Å². The fraction of sp³-hybridized carbons (Fsp3) is 0.500. The Kier molecular flexibility index (Phi) is 7.36. The van der Waals surface area contributed by atoms with E-state index in [1.807, 2.05) is 51.1 Å². The van der Waals surface area contributed by atoms with Crippen molar-refractivity contribution < 1.29 is 14.3 Å². The fourth-order valence-electron chi connectivity index (χ4n) is 5.35. The molecule has 1 aliphatic heterocycles.